The number of anilines is 1. The van der Waals surface area contributed by atoms with Gasteiger partial charge in [0.1, 0.15) is 5.82 Å². The lowest BCUT2D eigenvalue weighted by atomic mass is 9.94. The van der Waals surface area contributed by atoms with Crippen molar-refractivity contribution in [1.29, 1.82) is 0 Å². The van der Waals surface area contributed by atoms with Crippen molar-refractivity contribution in [3.8, 4) is 22.3 Å². The first-order valence-corrected chi connectivity index (χ1v) is 8.57. The van der Waals surface area contributed by atoms with E-state index in [4.69, 9.17) is 5.73 Å². The second kappa shape index (κ2) is 6.46. The van der Waals surface area contributed by atoms with Gasteiger partial charge in [-0.25, -0.2) is 13.8 Å². The molecule has 0 fully saturated rings. The molecule has 0 bridgehead atoms. The van der Waals surface area contributed by atoms with Gasteiger partial charge in [0, 0.05) is 35.0 Å². The third kappa shape index (κ3) is 3.03. The first-order valence-electron chi connectivity index (χ1n) is 8.57. The predicted octanol–water partition coefficient (Wildman–Crippen LogP) is 3.87. The minimum atomic E-state index is -0.916. The fourth-order valence-corrected chi connectivity index (χ4v) is 3.38. The molecule has 0 unspecified atom stereocenters. The largest absolute Gasteiger partial charge is 0.383 e. The number of nitrogens with one attached hydrogen (secondary N) is 1. The van der Waals surface area contributed by atoms with Crippen LogP contribution in [0.3, 0.4) is 0 Å². The number of halogens is 2. The molecule has 4 nitrogen and oxygen atoms in total. The Hall–Kier alpha value is -3.28. The van der Waals surface area contributed by atoms with Crippen molar-refractivity contribution < 1.29 is 13.6 Å². The Morgan fingerprint density at radius 1 is 1.04 bits per heavy atom. The number of pyridine rings is 1. The molecule has 1 amide bonds. The standard InChI is InChI=1S/C21H17F2N3O/c1-11-6-16(19(23)18(22)7-11)14-9-17(20(24)26-10-14)12-2-3-15-13(8-12)4-5-25-21(15)27/h2-3,6-10H,4-5H2,1H3,(H2,24,26)(H,25,27). The molecule has 4 rings (SSSR count). The molecular formula is C21H17F2N3O. The van der Waals surface area contributed by atoms with Gasteiger partial charge in [0.2, 0.25) is 0 Å². The number of hydrogen-bond acceptors (Lipinski definition) is 3. The van der Waals surface area contributed by atoms with Gasteiger partial charge >= 0.3 is 0 Å². The fourth-order valence-electron chi connectivity index (χ4n) is 3.38. The van der Waals surface area contributed by atoms with E-state index in [2.05, 4.69) is 10.3 Å². The van der Waals surface area contributed by atoms with Crippen molar-refractivity contribution >= 4 is 11.7 Å². The molecule has 136 valence electrons. The molecule has 1 aliphatic heterocycles. The van der Waals surface area contributed by atoms with Gasteiger partial charge in [-0.3, -0.25) is 4.79 Å². The molecule has 0 radical (unpaired) electrons. The van der Waals surface area contributed by atoms with Crippen molar-refractivity contribution in [2.75, 3.05) is 12.3 Å². The topological polar surface area (TPSA) is 68.0 Å². The Labute approximate surface area is 155 Å². The van der Waals surface area contributed by atoms with Crippen molar-refractivity contribution in [2.24, 2.45) is 0 Å². The zero-order chi connectivity index (χ0) is 19.1. The summed E-state index contributed by atoms with van der Waals surface area (Å²) in [4.78, 5) is 16.1. The zero-order valence-electron chi connectivity index (χ0n) is 14.6. The van der Waals surface area contributed by atoms with Crippen LogP contribution in [-0.2, 0) is 6.42 Å². The van der Waals surface area contributed by atoms with Crippen molar-refractivity contribution in [2.45, 2.75) is 13.3 Å². The van der Waals surface area contributed by atoms with E-state index in [0.29, 0.717) is 28.8 Å². The average molecular weight is 365 g/mol. The van der Waals surface area contributed by atoms with Gasteiger partial charge < -0.3 is 11.1 Å². The molecular weight excluding hydrogens is 348 g/mol. The minimum absolute atomic E-state index is 0.0973. The summed E-state index contributed by atoms with van der Waals surface area (Å²) >= 11 is 0. The van der Waals surface area contributed by atoms with E-state index < -0.39 is 11.6 Å². The molecule has 0 aliphatic carbocycles. The Bertz CT molecular complexity index is 1080. The lowest BCUT2D eigenvalue weighted by Gasteiger charge is -2.18. The average Bonchev–Trinajstić information content (AvgIpc) is 2.65. The molecule has 0 spiro atoms. The van der Waals surface area contributed by atoms with Gasteiger partial charge in [-0.05, 0) is 54.3 Å². The number of benzene rings is 2. The van der Waals surface area contributed by atoms with Crippen molar-refractivity contribution in [3.05, 3.63) is 70.9 Å². The van der Waals surface area contributed by atoms with Crippen LogP contribution in [0.5, 0.6) is 0 Å². The second-order valence-corrected chi connectivity index (χ2v) is 6.64. The smallest absolute Gasteiger partial charge is 0.251 e. The summed E-state index contributed by atoms with van der Waals surface area (Å²) in [6.07, 6.45) is 2.15. The monoisotopic (exact) mass is 365 g/mol. The Morgan fingerprint density at radius 3 is 2.67 bits per heavy atom. The maximum absolute atomic E-state index is 14.3. The number of fused-ring (bicyclic) bond motifs is 1. The van der Waals surface area contributed by atoms with E-state index >= 15 is 0 Å². The molecule has 0 saturated heterocycles. The zero-order valence-corrected chi connectivity index (χ0v) is 14.6. The van der Waals surface area contributed by atoms with Crippen LogP contribution in [0.4, 0.5) is 14.6 Å². The quantitative estimate of drug-likeness (QED) is 0.724. The number of nitrogens with zero attached hydrogens (tertiary/aromatic N) is 1. The van der Waals surface area contributed by atoms with E-state index in [0.717, 1.165) is 23.6 Å². The third-order valence-electron chi connectivity index (χ3n) is 4.74. The highest BCUT2D eigenvalue weighted by Gasteiger charge is 2.18. The summed E-state index contributed by atoms with van der Waals surface area (Å²) in [7, 11) is 0. The van der Waals surface area contributed by atoms with E-state index in [1.165, 1.54) is 6.20 Å². The molecule has 6 heteroatoms. The van der Waals surface area contributed by atoms with E-state index in [-0.39, 0.29) is 17.3 Å². The SMILES string of the molecule is Cc1cc(F)c(F)c(-c2cnc(N)c(-c3ccc4c(c3)CCNC4=O)c2)c1. The Balaban J connectivity index is 1.84. The number of amides is 1. The number of aryl methyl sites for hydroxylation is 1. The summed E-state index contributed by atoms with van der Waals surface area (Å²) in [6.45, 7) is 2.28. The normalized spacial score (nSPS) is 13.2. The molecule has 3 aromatic rings. The van der Waals surface area contributed by atoms with Gasteiger partial charge in [0.15, 0.2) is 11.6 Å². The highest BCUT2D eigenvalue weighted by Crippen LogP contribution is 2.33. The third-order valence-corrected chi connectivity index (χ3v) is 4.74. The number of carbonyl (C=O) groups is 1. The maximum atomic E-state index is 14.3. The van der Waals surface area contributed by atoms with Gasteiger partial charge in [0.05, 0.1) is 0 Å². The lowest BCUT2D eigenvalue weighted by Crippen LogP contribution is -2.31. The first kappa shape index (κ1) is 17.1. The minimum Gasteiger partial charge on any atom is -0.383 e. The second-order valence-electron chi connectivity index (χ2n) is 6.64. The van der Waals surface area contributed by atoms with Crippen LogP contribution in [0.25, 0.3) is 22.3 Å². The summed E-state index contributed by atoms with van der Waals surface area (Å²) in [5, 5.41) is 2.80. The summed E-state index contributed by atoms with van der Waals surface area (Å²) in [5.74, 6) is -1.63. The Kier molecular flexibility index (Phi) is 4.11. The first-order chi connectivity index (χ1) is 12.9. The maximum Gasteiger partial charge on any atom is 0.251 e. The highest BCUT2D eigenvalue weighted by atomic mass is 19.2. The number of aromatic nitrogens is 1. The molecule has 0 atom stereocenters. The molecule has 1 aliphatic rings. The number of carbonyl (C=O) groups excluding carboxylic acids is 1. The van der Waals surface area contributed by atoms with Crippen LogP contribution in [-0.4, -0.2) is 17.4 Å². The van der Waals surface area contributed by atoms with Crippen molar-refractivity contribution in [1.82, 2.24) is 10.3 Å². The molecule has 2 aromatic carbocycles. The van der Waals surface area contributed by atoms with E-state index in [1.807, 2.05) is 6.07 Å². The van der Waals surface area contributed by atoms with Crippen LogP contribution in [0.2, 0.25) is 0 Å². The summed E-state index contributed by atoms with van der Waals surface area (Å²) < 4.78 is 28.1. The van der Waals surface area contributed by atoms with Gasteiger partial charge in [-0.1, -0.05) is 12.1 Å². The number of nitrogen functional groups attached to an aromatic ring is 1. The summed E-state index contributed by atoms with van der Waals surface area (Å²) in [6, 6.07) is 9.86. The molecule has 1 aromatic heterocycles. The van der Waals surface area contributed by atoms with Gasteiger partial charge in [-0.2, -0.15) is 0 Å². The molecule has 2 heterocycles. The van der Waals surface area contributed by atoms with Gasteiger partial charge in [0.25, 0.3) is 5.91 Å². The van der Waals surface area contributed by atoms with Crippen LogP contribution in [0.1, 0.15) is 21.5 Å². The van der Waals surface area contributed by atoms with Crippen LogP contribution >= 0.6 is 0 Å². The molecule has 0 saturated carbocycles. The van der Waals surface area contributed by atoms with Crippen LogP contribution in [0.15, 0.2) is 42.6 Å². The molecule has 27 heavy (non-hydrogen) atoms. The van der Waals surface area contributed by atoms with Crippen LogP contribution in [0, 0.1) is 18.6 Å². The van der Waals surface area contributed by atoms with E-state index in [1.54, 1.807) is 31.2 Å². The highest BCUT2D eigenvalue weighted by molar-refractivity contribution is 5.97. The number of hydrogen-bond donors (Lipinski definition) is 2. The number of nitrogens with two attached hydrogens (primary N) is 1. The summed E-state index contributed by atoms with van der Waals surface area (Å²) in [5.41, 5.74) is 10.2. The lowest BCUT2D eigenvalue weighted by molar-refractivity contribution is 0.0946. The van der Waals surface area contributed by atoms with Gasteiger partial charge in [-0.15, -0.1) is 0 Å². The number of rotatable bonds is 2. The van der Waals surface area contributed by atoms with Crippen molar-refractivity contribution in [3.63, 3.8) is 0 Å². The van der Waals surface area contributed by atoms with Crippen LogP contribution < -0.4 is 11.1 Å². The molecule has 3 N–H and O–H groups in total. The van der Waals surface area contributed by atoms with E-state index in [9.17, 15) is 13.6 Å². The fraction of sp³-hybridized carbons (Fsp3) is 0.143. The predicted molar refractivity (Wildman–Crippen MR) is 100 cm³/mol. The Morgan fingerprint density at radius 2 is 1.85 bits per heavy atom.